The first-order valence-corrected chi connectivity index (χ1v) is 8.38. The van der Waals surface area contributed by atoms with E-state index in [0.717, 1.165) is 11.3 Å². The van der Waals surface area contributed by atoms with Crippen LogP contribution >= 0.6 is 0 Å². The Kier molecular flexibility index (Phi) is 5.84. The lowest BCUT2D eigenvalue weighted by Crippen LogP contribution is -1.99. The van der Waals surface area contributed by atoms with E-state index in [2.05, 4.69) is 4.98 Å². The molecule has 0 saturated carbocycles. The number of methoxy groups -OCH3 is 1. The van der Waals surface area contributed by atoms with Gasteiger partial charge in [-0.05, 0) is 48.6 Å². The van der Waals surface area contributed by atoms with Gasteiger partial charge in [-0.15, -0.1) is 0 Å². The molecule has 0 aliphatic rings. The number of carbonyl (C=O) groups excluding carboxylic acids is 1. The molecule has 5 nitrogen and oxygen atoms in total. The molecule has 0 amide bonds. The highest BCUT2D eigenvalue weighted by molar-refractivity contribution is 6.07. The monoisotopic (exact) mass is 361 g/mol. The van der Waals surface area contributed by atoms with E-state index in [0.29, 0.717) is 17.9 Å². The van der Waals surface area contributed by atoms with Crippen molar-refractivity contribution < 1.29 is 19.4 Å². The predicted octanol–water partition coefficient (Wildman–Crippen LogP) is 4.27. The van der Waals surface area contributed by atoms with Gasteiger partial charge in [0.2, 0.25) is 0 Å². The van der Waals surface area contributed by atoms with Crippen LogP contribution in [0, 0.1) is 0 Å². The molecule has 0 aliphatic heterocycles. The zero-order chi connectivity index (χ0) is 19.1. The number of para-hydroxylation sites is 1. The van der Waals surface area contributed by atoms with Crippen LogP contribution in [0.25, 0.3) is 6.08 Å². The summed E-state index contributed by atoms with van der Waals surface area (Å²) in [4.78, 5) is 16.6. The highest BCUT2D eigenvalue weighted by Crippen LogP contribution is 2.27. The van der Waals surface area contributed by atoms with Gasteiger partial charge >= 0.3 is 0 Å². The fraction of sp³-hybridized carbons (Fsp3) is 0.0909. The number of carbonyl (C=O) groups is 1. The third-order valence-electron chi connectivity index (χ3n) is 3.90. The van der Waals surface area contributed by atoms with E-state index < -0.39 is 0 Å². The zero-order valence-electron chi connectivity index (χ0n) is 14.8. The Labute approximate surface area is 157 Å². The van der Waals surface area contributed by atoms with Crippen LogP contribution in [0.3, 0.4) is 0 Å². The van der Waals surface area contributed by atoms with Gasteiger partial charge in [-0.3, -0.25) is 9.78 Å². The number of phenols is 1. The molecule has 2 aromatic carbocycles. The van der Waals surface area contributed by atoms with Crippen LogP contribution in [0.4, 0.5) is 0 Å². The number of rotatable bonds is 7. The highest BCUT2D eigenvalue weighted by Gasteiger charge is 2.08. The second kappa shape index (κ2) is 8.67. The molecule has 0 spiro atoms. The number of allylic oxidation sites excluding steroid dienone is 1. The van der Waals surface area contributed by atoms with E-state index >= 15 is 0 Å². The number of benzene rings is 2. The summed E-state index contributed by atoms with van der Waals surface area (Å²) in [5, 5.41) is 9.64. The summed E-state index contributed by atoms with van der Waals surface area (Å²) in [6.07, 6.45) is 4.89. The Balaban J connectivity index is 1.74. The molecule has 0 atom stereocenters. The second-order valence-electron chi connectivity index (χ2n) is 5.73. The first-order valence-electron chi connectivity index (χ1n) is 8.38. The Hall–Kier alpha value is -3.60. The third-order valence-corrected chi connectivity index (χ3v) is 3.90. The van der Waals surface area contributed by atoms with Crippen LogP contribution in [0.2, 0.25) is 0 Å². The molecule has 0 radical (unpaired) electrons. The standard InChI is InChI=1S/C22H19NO4/c1-26-22-14-17(10-12-20(22)25)19(24)11-9-16-6-2-3-8-21(16)27-15-18-7-4-5-13-23-18/h2-14,25H,15H2,1H3/b11-9+. The minimum Gasteiger partial charge on any atom is -0.504 e. The largest absolute Gasteiger partial charge is 0.504 e. The number of pyridine rings is 1. The Morgan fingerprint density at radius 3 is 2.67 bits per heavy atom. The summed E-state index contributed by atoms with van der Waals surface area (Å²) in [5.74, 6) is 0.711. The van der Waals surface area contributed by atoms with Gasteiger partial charge in [-0.2, -0.15) is 0 Å². The summed E-state index contributed by atoms with van der Waals surface area (Å²) >= 11 is 0. The average Bonchev–Trinajstić information content (AvgIpc) is 2.72. The van der Waals surface area contributed by atoms with E-state index in [1.807, 2.05) is 42.5 Å². The molecular formula is C22H19NO4. The minimum absolute atomic E-state index is 0.00806. The molecule has 0 aliphatic carbocycles. The molecule has 1 N–H and O–H groups in total. The molecule has 3 aromatic rings. The molecule has 1 heterocycles. The lowest BCUT2D eigenvalue weighted by Gasteiger charge is -2.08. The van der Waals surface area contributed by atoms with Gasteiger partial charge in [0.1, 0.15) is 12.4 Å². The molecule has 136 valence electrons. The van der Waals surface area contributed by atoms with Crippen LogP contribution in [-0.4, -0.2) is 23.0 Å². The molecule has 0 unspecified atom stereocenters. The normalized spacial score (nSPS) is 10.7. The van der Waals surface area contributed by atoms with Crippen molar-refractivity contribution in [3.8, 4) is 17.2 Å². The molecule has 0 fully saturated rings. The van der Waals surface area contributed by atoms with Crippen molar-refractivity contribution in [3.05, 3.63) is 89.8 Å². The molecule has 5 heteroatoms. The summed E-state index contributed by atoms with van der Waals surface area (Å²) in [6.45, 7) is 0.342. The van der Waals surface area contributed by atoms with Crippen LogP contribution in [0.1, 0.15) is 21.6 Å². The van der Waals surface area contributed by atoms with Gasteiger partial charge in [0.05, 0.1) is 12.8 Å². The number of hydrogen-bond donors (Lipinski definition) is 1. The maximum atomic E-state index is 12.4. The predicted molar refractivity (Wildman–Crippen MR) is 103 cm³/mol. The molecule has 27 heavy (non-hydrogen) atoms. The lowest BCUT2D eigenvalue weighted by molar-refractivity contribution is 0.104. The Morgan fingerprint density at radius 2 is 1.89 bits per heavy atom. The SMILES string of the molecule is COc1cc(C(=O)/C=C/c2ccccc2OCc2ccccn2)ccc1O. The van der Waals surface area contributed by atoms with Crippen LogP contribution < -0.4 is 9.47 Å². The smallest absolute Gasteiger partial charge is 0.185 e. The first kappa shape index (κ1) is 18.2. The number of nitrogens with zero attached hydrogens (tertiary/aromatic N) is 1. The minimum atomic E-state index is -0.201. The van der Waals surface area contributed by atoms with E-state index in [1.54, 1.807) is 18.3 Å². The van der Waals surface area contributed by atoms with Crippen molar-refractivity contribution in [2.75, 3.05) is 7.11 Å². The molecule has 1 aromatic heterocycles. The summed E-state index contributed by atoms with van der Waals surface area (Å²) in [6, 6.07) is 17.6. The number of hydrogen-bond acceptors (Lipinski definition) is 5. The number of phenolic OH excluding ortho intramolecular Hbond substituents is 1. The lowest BCUT2D eigenvalue weighted by atomic mass is 10.1. The quantitative estimate of drug-likeness (QED) is 0.503. The van der Waals surface area contributed by atoms with Gasteiger partial charge < -0.3 is 14.6 Å². The van der Waals surface area contributed by atoms with Gasteiger partial charge in [-0.1, -0.05) is 24.3 Å². The topological polar surface area (TPSA) is 68.7 Å². The van der Waals surface area contributed by atoms with Crippen molar-refractivity contribution >= 4 is 11.9 Å². The van der Waals surface area contributed by atoms with Gasteiger partial charge in [-0.25, -0.2) is 0 Å². The summed E-state index contributed by atoms with van der Waals surface area (Å²) < 4.78 is 10.9. The summed E-state index contributed by atoms with van der Waals surface area (Å²) in [7, 11) is 1.44. The Morgan fingerprint density at radius 1 is 1.07 bits per heavy atom. The fourth-order valence-corrected chi connectivity index (χ4v) is 2.48. The van der Waals surface area contributed by atoms with Crippen molar-refractivity contribution in [2.45, 2.75) is 6.61 Å². The van der Waals surface area contributed by atoms with Crippen LogP contribution in [-0.2, 0) is 6.61 Å². The third kappa shape index (κ3) is 4.73. The molecule has 3 rings (SSSR count). The van der Waals surface area contributed by atoms with Crippen LogP contribution in [0.15, 0.2) is 72.9 Å². The van der Waals surface area contributed by atoms with Gasteiger partial charge in [0.25, 0.3) is 0 Å². The number of aromatic hydroxyl groups is 1. The van der Waals surface area contributed by atoms with Crippen LogP contribution in [0.5, 0.6) is 17.2 Å². The second-order valence-corrected chi connectivity index (χ2v) is 5.73. The number of ether oxygens (including phenoxy) is 2. The van der Waals surface area contributed by atoms with E-state index in [9.17, 15) is 9.90 Å². The van der Waals surface area contributed by atoms with E-state index in [4.69, 9.17) is 9.47 Å². The van der Waals surface area contributed by atoms with Gasteiger partial charge in [0.15, 0.2) is 17.3 Å². The molecule has 0 bridgehead atoms. The molecule has 0 saturated heterocycles. The summed E-state index contributed by atoms with van der Waals surface area (Å²) in [5.41, 5.74) is 2.03. The fourth-order valence-electron chi connectivity index (χ4n) is 2.48. The maximum absolute atomic E-state index is 12.4. The van der Waals surface area contributed by atoms with Crippen molar-refractivity contribution in [3.63, 3.8) is 0 Å². The highest BCUT2D eigenvalue weighted by atomic mass is 16.5. The average molecular weight is 361 g/mol. The van der Waals surface area contributed by atoms with Crippen molar-refractivity contribution in [2.24, 2.45) is 0 Å². The van der Waals surface area contributed by atoms with Crippen molar-refractivity contribution in [1.82, 2.24) is 4.98 Å². The first-order chi connectivity index (χ1) is 13.2. The Bertz CT molecular complexity index is 952. The molecular weight excluding hydrogens is 342 g/mol. The number of ketones is 1. The van der Waals surface area contributed by atoms with Crippen molar-refractivity contribution in [1.29, 1.82) is 0 Å². The van der Waals surface area contributed by atoms with E-state index in [-0.39, 0.29) is 17.3 Å². The number of aromatic nitrogens is 1. The maximum Gasteiger partial charge on any atom is 0.185 e. The van der Waals surface area contributed by atoms with Gasteiger partial charge in [0, 0.05) is 17.3 Å². The zero-order valence-corrected chi connectivity index (χ0v) is 14.8. The van der Waals surface area contributed by atoms with E-state index in [1.165, 1.54) is 25.3 Å².